The lowest BCUT2D eigenvalue weighted by molar-refractivity contribution is -0.113. The third-order valence-corrected chi connectivity index (χ3v) is 4.54. The number of amides is 1. The molecule has 6 nitrogen and oxygen atoms in total. The SMILES string of the molecule is CCc1cc(-c2c[nH]c3ncc(-c4cc(/C=C/C(N)=O)ccn4)cc23)ccn1. The van der Waals surface area contributed by atoms with E-state index in [2.05, 4.69) is 39.0 Å². The summed E-state index contributed by atoms with van der Waals surface area (Å²) in [6, 6.07) is 9.89. The highest BCUT2D eigenvalue weighted by atomic mass is 16.1. The lowest BCUT2D eigenvalue weighted by Crippen LogP contribution is -2.05. The summed E-state index contributed by atoms with van der Waals surface area (Å²) in [5.74, 6) is -0.484. The van der Waals surface area contributed by atoms with Crippen LogP contribution in [0.3, 0.4) is 0 Å². The Bertz CT molecular complexity index is 1190. The summed E-state index contributed by atoms with van der Waals surface area (Å²) >= 11 is 0. The van der Waals surface area contributed by atoms with Gasteiger partial charge in [-0.15, -0.1) is 0 Å². The summed E-state index contributed by atoms with van der Waals surface area (Å²) in [5.41, 5.74) is 11.7. The zero-order chi connectivity index (χ0) is 19.5. The second kappa shape index (κ2) is 7.44. The molecule has 138 valence electrons. The molecule has 0 saturated carbocycles. The number of pyridine rings is 3. The van der Waals surface area contributed by atoms with E-state index < -0.39 is 5.91 Å². The van der Waals surface area contributed by atoms with E-state index in [0.717, 1.165) is 51.1 Å². The van der Waals surface area contributed by atoms with Crippen LogP contribution in [0.15, 0.2) is 61.2 Å². The smallest absolute Gasteiger partial charge is 0.241 e. The average molecular weight is 369 g/mol. The Labute approximate surface area is 162 Å². The van der Waals surface area contributed by atoms with E-state index in [1.807, 2.05) is 30.6 Å². The maximum Gasteiger partial charge on any atom is 0.241 e. The molecule has 3 N–H and O–H groups in total. The van der Waals surface area contributed by atoms with Crippen LogP contribution >= 0.6 is 0 Å². The molecule has 0 aliphatic heterocycles. The molecule has 4 aromatic rings. The highest BCUT2D eigenvalue weighted by Gasteiger charge is 2.10. The third-order valence-electron chi connectivity index (χ3n) is 4.54. The summed E-state index contributed by atoms with van der Waals surface area (Å²) in [6.07, 6.45) is 11.2. The van der Waals surface area contributed by atoms with Crippen LogP contribution in [0.5, 0.6) is 0 Å². The average Bonchev–Trinajstić information content (AvgIpc) is 3.16. The second-order valence-electron chi connectivity index (χ2n) is 6.42. The first kappa shape index (κ1) is 17.6. The number of aromatic amines is 1. The zero-order valence-corrected chi connectivity index (χ0v) is 15.4. The molecule has 0 radical (unpaired) electrons. The van der Waals surface area contributed by atoms with Crippen molar-refractivity contribution in [3.63, 3.8) is 0 Å². The molecule has 0 fully saturated rings. The molecule has 4 rings (SSSR count). The van der Waals surface area contributed by atoms with E-state index in [4.69, 9.17) is 5.73 Å². The maximum absolute atomic E-state index is 11.0. The summed E-state index contributed by atoms with van der Waals surface area (Å²) in [4.78, 5) is 27.6. The Morgan fingerprint density at radius 1 is 1.11 bits per heavy atom. The predicted octanol–water partition coefficient (Wildman–Crippen LogP) is 3.75. The Morgan fingerprint density at radius 3 is 2.79 bits per heavy atom. The van der Waals surface area contributed by atoms with Crippen LogP contribution in [-0.2, 0) is 11.2 Å². The maximum atomic E-state index is 11.0. The molecule has 0 atom stereocenters. The number of primary amides is 1. The summed E-state index contributed by atoms with van der Waals surface area (Å²) in [5, 5.41) is 1.02. The Balaban J connectivity index is 1.78. The Kier molecular flexibility index (Phi) is 4.68. The minimum absolute atomic E-state index is 0.484. The monoisotopic (exact) mass is 369 g/mol. The van der Waals surface area contributed by atoms with Gasteiger partial charge >= 0.3 is 0 Å². The van der Waals surface area contributed by atoms with E-state index in [9.17, 15) is 4.79 Å². The fraction of sp³-hybridized carbons (Fsp3) is 0.0909. The fourth-order valence-electron chi connectivity index (χ4n) is 3.11. The van der Waals surface area contributed by atoms with Crippen molar-refractivity contribution >= 4 is 23.0 Å². The molecule has 0 aliphatic carbocycles. The first-order chi connectivity index (χ1) is 13.6. The van der Waals surface area contributed by atoms with Gasteiger partial charge < -0.3 is 10.7 Å². The van der Waals surface area contributed by atoms with Crippen LogP contribution in [0.1, 0.15) is 18.2 Å². The van der Waals surface area contributed by atoms with Crippen LogP contribution in [-0.4, -0.2) is 25.8 Å². The minimum atomic E-state index is -0.484. The van der Waals surface area contributed by atoms with Gasteiger partial charge in [0.05, 0.1) is 5.69 Å². The standard InChI is InChI=1S/C22H19N5O/c1-2-17-10-15(6-8-24-17)19-13-27-22-18(19)11-16(12-26-22)20-9-14(5-7-25-20)3-4-21(23)28/h3-13H,2H2,1H3,(H2,23,28)(H,26,27)/b4-3+. The van der Waals surface area contributed by atoms with Gasteiger partial charge in [0, 0.05) is 53.1 Å². The van der Waals surface area contributed by atoms with E-state index >= 15 is 0 Å². The fourth-order valence-corrected chi connectivity index (χ4v) is 3.11. The van der Waals surface area contributed by atoms with Crippen molar-refractivity contribution in [2.75, 3.05) is 0 Å². The van der Waals surface area contributed by atoms with Crippen molar-refractivity contribution in [1.29, 1.82) is 0 Å². The van der Waals surface area contributed by atoms with Crippen LogP contribution in [0.4, 0.5) is 0 Å². The largest absolute Gasteiger partial charge is 0.366 e. The molecule has 1 amide bonds. The molecule has 0 bridgehead atoms. The molecular weight excluding hydrogens is 350 g/mol. The highest BCUT2D eigenvalue weighted by Crippen LogP contribution is 2.30. The minimum Gasteiger partial charge on any atom is -0.366 e. The zero-order valence-electron chi connectivity index (χ0n) is 15.4. The first-order valence-corrected chi connectivity index (χ1v) is 9.00. The number of aryl methyl sites for hydroxylation is 1. The van der Waals surface area contributed by atoms with Gasteiger partial charge in [0.1, 0.15) is 5.65 Å². The summed E-state index contributed by atoms with van der Waals surface area (Å²) in [7, 11) is 0. The molecule has 0 saturated heterocycles. The van der Waals surface area contributed by atoms with Crippen molar-refractivity contribution in [1.82, 2.24) is 19.9 Å². The number of carbonyl (C=O) groups excluding carboxylic acids is 1. The number of nitrogens with one attached hydrogen (secondary N) is 1. The van der Waals surface area contributed by atoms with Gasteiger partial charge in [-0.05, 0) is 54.0 Å². The van der Waals surface area contributed by atoms with E-state index in [1.165, 1.54) is 6.08 Å². The van der Waals surface area contributed by atoms with Crippen LogP contribution in [0.2, 0.25) is 0 Å². The molecule has 28 heavy (non-hydrogen) atoms. The molecule has 0 unspecified atom stereocenters. The van der Waals surface area contributed by atoms with Crippen molar-refractivity contribution in [3.05, 3.63) is 72.5 Å². The number of carbonyl (C=O) groups is 1. The molecule has 4 heterocycles. The summed E-state index contributed by atoms with van der Waals surface area (Å²) < 4.78 is 0. The van der Waals surface area contributed by atoms with Gasteiger partial charge in [0.15, 0.2) is 0 Å². The summed E-state index contributed by atoms with van der Waals surface area (Å²) in [6.45, 7) is 2.09. The Morgan fingerprint density at radius 2 is 1.96 bits per heavy atom. The molecule has 0 aromatic carbocycles. The number of fused-ring (bicyclic) bond motifs is 1. The highest BCUT2D eigenvalue weighted by molar-refractivity contribution is 5.95. The van der Waals surface area contributed by atoms with Crippen molar-refractivity contribution in [3.8, 4) is 22.4 Å². The van der Waals surface area contributed by atoms with Crippen LogP contribution in [0.25, 0.3) is 39.5 Å². The number of rotatable bonds is 5. The number of nitrogens with zero attached hydrogens (tertiary/aromatic N) is 3. The van der Waals surface area contributed by atoms with Gasteiger partial charge in [-0.25, -0.2) is 4.98 Å². The second-order valence-corrected chi connectivity index (χ2v) is 6.42. The number of hydrogen-bond donors (Lipinski definition) is 2. The number of aromatic nitrogens is 4. The van der Waals surface area contributed by atoms with Gasteiger partial charge in [0.2, 0.25) is 5.91 Å². The molecular formula is C22H19N5O. The molecule has 0 aliphatic rings. The van der Waals surface area contributed by atoms with Crippen LogP contribution in [0, 0.1) is 0 Å². The molecule has 6 heteroatoms. The third kappa shape index (κ3) is 3.53. The Hall–Kier alpha value is -3.80. The normalized spacial score (nSPS) is 11.3. The van der Waals surface area contributed by atoms with E-state index in [1.54, 1.807) is 18.5 Å². The lowest BCUT2D eigenvalue weighted by atomic mass is 10.0. The number of H-pyrrole nitrogens is 1. The van der Waals surface area contributed by atoms with Gasteiger partial charge in [-0.1, -0.05) is 6.92 Å². The lowest BCUT2D eigenvalue weighted by Gasteiger charge is -2.05. The number of nitrogens with two attached hydrogens (primary N) is 1. The van der Waals surface area contributed by atoms with E-state index in [-0.39, 0.29) is 0 Å². The molecule has 4 aromatic heterocycles. The van der Waals surface area contributed by atoms with Crippen molar-refractivity contribution in [2.24, 2.45) is 5.73 Å². The van der Waals surface area contributed by atoms with Crippen molar-refractivity contribution in [2.45, 2.75) is 13.3 Å². The topological polar surface area (TPSA) is 97.6 Å². The predicted molar refractivity (Wildman–Crippen MR) is 110 cm³/mol. The van der Waals surface area contributed by atoms with E-state index in [0.29, 0.717) is 0 Å². The van der Waals surface area contributed by atoms with Gasteiger partial charge in [-0.2, -0.15) is 0 Å². The first-order valence-electron chi connectivity index (χ1n) is 9.00. The molecule has 0 spiro atoms. The van der Waals surface area contributed by atoms with Gasteiger partial charge in [-0.3, -0.25) is 14.8 Å². The quantitative estimate of drug-likeness (QED) is 0.524. The van der Waals surface area contributed by atoms with Crippen LogP contribution < -0.4 is 5.73 Å². The van der Waals surface area contributed by atoms with Gasteiger partial charge in [0.25, 0.3) is 0 Å². The number of hydrogen-bond acceptors (Lipinski definition) is 4. The van der Waals surface area contributed by atoms with Crippen molar-refractivity contribution < 1.29 is 4.79 Å².